The first kappa shape index (κ1) is 12.2. The molecule has 0 aromatic carbocycles. The van der Waals surface area contributed by atoms with E-state index < -0.39 is 12.6 Å². The van der Waals surface area contributed by atoms with Crippen molar-refractivity contribution in [1.82, 2.24) is 19.8 Å². The lowest BCUT2D eigenvalue weighted by Crippen LogP contribution is -2.11. The second-order valence-corrected chi connectivity index (χ2v) is 2.87. The third kappa shape index (κ3) is 2.37. The van der Waals surface area contributed by atoms with Gasteiger partial charge < -0.3 is 9.84 Å². The predicted octanol–water partition coefficient (Wildman–Crippen LogP) is 0.318. The number of hydrogen-bond donors (Lipinski definition) is 1. The summed E-state index contributed by atoms with van der Waals surface area (Å²) in [7, 11) is 0. The number of rotatable bonds is 3. The van der Waals surface area contributed by atoms with Gasteiger partial charge in [0.05, 0.1) is 0 Å². The van der Waals surface area contributed by atoms with E-state index in [2.05, 4.69) is 15.3 Å². The van der Waals surface area contributed by atoms with Crippen LogP contribution in [0, 0.1) is 6.92 Å². The minimum absolute atomic E-state index is 0. The standard InChI is InChI=1S/C8H8N4O3.ClH/c1-5-9-10-6-2-3-7(11-12(5)6)15-4-8(13)14;/h2-3H,4H2,1H3,(H,13,14);1H. The van der Waals surface area contributed by atoms with Gasteiger partial charge in [0.25, 0.3) is 0 Å². The molecule has 0 fully saturated rings. The van der Waals surface area contributed by atoms with E-state index in [4.69, 9.17) is 9.84 Å². The molecular weight excluding hydrogens is 236 g/mol. The second kappa shape index (κ2) is 4.75. The SMILES string of the molecule is Cc1nnc2ccc(OCC(=O)O)nn12.Cl. The molecule has 0 saturated heterocycles. The Labute approximate surface area is 96.5 Å². The Morgan fingerprint density at radius 1 is 1.50 bits per heavy atom. The fourth-order valence-electron chi connectivity index (χ4n) is 1.09. The predicted molar refractivity (Wildman–Crippen MR) is 55.9 cm³/mol. The van der Waals surface area contributed by atoms with Crippen LogP contribution < -0.4 is 4.74 Å². The second-order valence-electron chi connectivity index (χ2n) is 2.87. The molecule has 16 heavy (non-hydrogen) atoms. The molecule has 0 radical (unpaired) electrons. The fraction of sp³-hybridized carbons (Fsp3) is 0.250. The number of aliphatic carboxylic acids is 1. The molecule has 2 aromatic rings. The Bertz CT molecular complexity index is 513. The summed E-state index contributed by atoms with van der Waals surface area (Å²) < 4.78 is 6.40. The lowest BCUT2D eigenvalue weighted by atomic mass is 10.5. The maximum Gasteiger partial charge on any atom is 0.341 e. The molecule has 0 spiro atoms. The molecule has 0 saturated carbocycles. The maximum absolute atomic E-state index is 10.3. The van der Waals surface area contributed by atoms with Gasteiger partial charge in [-0.3, -0.25) is 0 Å². The Balaban J connectivity index is 0.00000128. The van der Waals surface area contributed by atoms with Gasteiger partial charge in [-0.05, 0) is 13.0 Å². The van der Waals surface area contributed by atoms with Crippen molar-refractivity contribution in [2.45, 2.75) is 6.92 Å². The number of hydrogen-bond acceptors (Lipinski definition) is 5. The first-order valence-corrected chi connectivity index (χ1v) is 4.20. The highest BCUT2D eigenvalue weighted by atomic mass is 35.5. The number of halogens is 1. The van der Waals surface area contributed by atoms with E-state index in [1.165, 1.54) is 4.52 Å². The maximum atomic E-state index is 10.3. The van der Waals surface area contributed by atoms with Crippen LogP contribution in [0.15, 0.2) is 12.1 Å². The van der Waals surface area contributed by atoms with E-state index in [0.717, 1.165) is 0 Å². The van der Waals surface area contributed by atoms with Crippen LogP contribution in [-0.4, -0.2) is 37.5 Å². The zero-order valence-corrected chi connectivity index (χ0v) is 9.14. The molecule has 86 valence electrons. The van der Waals surface area contributed by atoms with Crippen LogP contribution in [0.3, 0.4) is 0 Å². The molecule has 8 heteroatoms. The number of carboxylic acid groups (broad SMARTS) is 1. The summed E-state index contributed by atoms with van der Waals surface area (Å²) in [6.07, 6.45) is 0. The number of ether oxygens (including phenoxy) is 1. The topological polar surface area (TPSA) is 89.6 Å². The van der Waals surface area contributed by atoms with Gasteiger partial charge in [0.2, 0.25) is 5.88 Å². The lowest BCUT2D eigenvalue weighted by Gasteiger charge is -2.01. The average molecular weight is 245 g/mol. The van der Waals surface area contributed by atoms with E-state index in [9.17, 15) is 4.79 Å². The first-order chi connectivity index (χ1) is 7.16. The molecule has 7 nitrogen and oxygen atoms in total. The van der Waals surface area contributed by atoms with Crippen molar-refractivity contribution in [3.05, 3.63) is 18.0 Å². The van der Waals surface area contributed by atoms with Gasteiger partial charge in [0.1, 0.15) is 0 Å². The summed E-state index contributed by atoms with van der Waals surface area (Å²) in [5, 5.41) is 20.1. The van der Waals surface area contributed by atoms with Gasteiger partial charge >= 0.3 is 5.97 Å². The van der Waals surface area contributed by atoms with Crippen molar-refractivity contribution in [1.29, 1.82) is 0 Å². The highest BCUT2D eigenvalue weighted by molar-refractivity contribution is 5.85. The number of carboxylic acids is 1. The molecule has 0 aliphatic heterocycles. The Hall–Kier alpha value is -1.89. The molecule has 0 bridgehead atoms. The highest BCUT2D eigenvalue weighted by Crippen LogP contribution is 2.08. The van der Waals surface area contributed by atoms with Crippen molar-refractivity contribution in [2.24, 2.45) is 0 Å². The van der Waals surface area contributed by atoms with Gasteiger partial charge in [-0.25, -0.2) is 4.79 Å². The van der Waals surface area contributed by atoms with Crippen LogP contribution in [0.5, 0.6) is 5.88 Å². The van der Waals surface area contributed by atoms with E-state index >= 15 is 0 Å². The summed E-state index contributed by atoms with van der Waals surface area (Å²) in [5.74, 6) is -0.198. The summed E-state index contributed by atoms with van der Waals surface area (Å²) in [4.78, 5) is 10.3. The van der Waals surface area contributed by atoms with Crippen LogP contribution in [0.2, 0.25) is 0 Å². The van der Waals surface area contributed by atoms with Crippen molar-refractivity contribution < 1.29 is 14.6 Å². The Kier molecular flexibility index (Phi) is 3.62. The van der Waals surface area contributed by atoms with Crippen LogP contribution >= 0.6 is 12.4 Å². The van der Waals surface area contributed by atoms with Crippen molar-refractivity contribution in [3.8, 4) is 5.88 Å². The van der Waals surface area contributed by atoms with E-state index in [1.807, 2.05) is 0 Å². The van der Waals surface area contributed by atoms with Crippen molar-refractivity contribution in [2.75, 3.05) is 6.61 Å². The molecule has 1 N–H and O–H groups in total. The number of fused-ring (bicyclic) bond motifs is 1. The smallest absolute Gasteiger partial charge is 0.341 e. The van der Waals surface area contributed by atoms with Crippen LogP contribution in [0.25, 0.3) is 5.65 Å². The fourth-order valence-corrected chi connectivity index (χ4v) is 1.09. The van der Waals surface area contributed by atoms with Gasteiger partial charge in [-0.15, -0.1) is 27.7 Å². The highest BCUT2D eigenvalue weighted by Gasteiger charge is 2.05. The molecule has 0 aliphatic carbocycles. The Morgan fingerprint density at radius 2 is 2.25 bits per heavy atom. The van der Waals surface area contributed by atoms with Gasteiger partial charge in [-0.2, -0.15) is 4.52 Å². The zero-order chi connectivity index (χ0) is 10.8. The molecule has 2 rings (SSSR count). The normalized spacial score (nSPS) is 9.81. The number of nitrogens with zero attached hydrogens (tertiary/aromatic N) is 4. The third-order valence-corrected chi connectivity index (χ3v) is 1.74. The largest absolute Gasteiger partial charge is 0.479 e. The van der Waals surface area contributed by atoms with E-state index in [-0.39, 0.29) is 18.3 Å². The number of aryl methyl sites for hydroxylation is 1. The van der Waals surface area contributed by atoms with Gasteiger partial charge in [-0.1, -0.05) is 0 Å². The first-order valence-electron chi connectivity index (χ1n) is 4.20. The van der Waals surface area contributed by atoms with E-state index in [0.29, 0.717) is 11.5 Å². The van der Waals surface area contributed by atoms with Crippen LogP contribution in [0.1, 0.15) is 5.82 Å². The van der Waals surface area contributed by atoms with Crippen molar-refractivity contribution >= 4 is 24.0 Å². The van der Waals surface area contributed by atoms with E-state index in [1.54, 1.807) is 19.1 Å². The van der Waals surface area contributed by atoms with Crippen LogP contribution in [-0.2, 0) is 4.79 Å². The summed E-state index contributed by atoms with van der Waals surface area (Å²) in [6.45, 7) is 1.33. The number of carbonyl (C=O) groups is 1. The third-order valence-electron chi connectivity index (χ3n) is 1.74. The summed E-state index contributed by atoms with van der Waals surface area (Å²) in [6, 6.07) is 3.20. The number of aromatic nitrogens is 4. The van der Waals surface area contributed by atoms with Gasteiger partial charge in [0.15, 0.2) is 18.1 Å². The minimum Gasteiger partial charge on any atom is -0.479 e. The molecule has 0 amide bonds. The lowest BCUT2D eigenvalue weighted by molar-refractivity contribution is -0.139. The minimum atomic E-state index is -1.04. The molecule has 0 unspecified atom stereocenters. The molecular formula is C8H9ClN4O3. The molecule has 0 atom stereocenters. The molecule has 2 aromatic heterocycles. The average Bonchev–Trinajstić information content (AvgIpc) is 2.57. The van der Waals surface area contributed by atoms with Gasteiger partial charge in [0, 0.05) is 6.07 Å². The summed E-state index contributed by atoms with van der Waals surface area (Å²) in [5.41, 5.74) is 0.593. The molecule has 0 aliphatic rings. The summed E-state index contributed by atoms with van der Waals surface area (Å²) >= 11 is 0. The van der Waals surface area contributed by atoms with Crippen LogP contribution in [0.4, 0.5) is 0 Å². The molecule has 2 heterocycles. The Morgan fingerprint density at radius 3 is 2.94 bits per heavy atom. The van der Waals surface area contributed by atoms with Crippen molar-refractivity contribution in [3.63, 3.8) is 0 Å². The zero-order valence-electron chi connectivity index (χ0n) is 8.32. The quantitative estimate of drug-likeness (QED) is 0.836. The monoisotopic (exact) mass is 244 g/mol.